The van der Waals surface area contributed by atoms with Crippen molar-refractivity contribution >= 4 is 35.8 Å². The van der Waals surface area contributed by atoms with E-state index in [-0.39, 0.29) is 17.2 Å². The fourth-order valence-corrected chi connectivity index (χ4v) is 4.54. The van der Waals surface area contributed by atoms with Crippen molar-refractivity contribution in [1.29, 1.82) is 0 Å². The molecule has 0 saturated carbocycles. The van der Waals surface area contributed by atoms with Gasteiger partial charge in [-0.1, -0.05) is 32.4 Å². The third kappa shape index (κ3) is 3.19. The van der Waals surface area contributed by atoms with E-state index < -0.39 is 8.32 Å². The molecule has 130 valence electrons. The van der Waals surface area contributed by atoms with Crippen LogP contribution in [0.4, 0.5) is 0 Å². The predicted octanol–water partition coefficient (Wildman–Crippen LogP) is 5.15. The Kier molecular flexibility index (Phi) is 4.66. The molecule has 3 rings (SSSR count). The monoisotopic (exact) mass is 428 g/mol. The molecule has 2 atom stereocenters. The highest BCUT2D eigenvalue weighted by atomic mass is 79.9. The van der Waals surface area contributed by atoms with Crippen LogP contribution in [0.2, 0.25) is 23.2 Å². The molecule has 0 saturated heterocycles. The summed E-state index contributed by atoms with van der Waals surface area (Å²) in [7, 11) is -1.92. The molecule has 0 radical (unpaired) electrons. The van der Waals surface area contributed by atoms with Crippen molar-refractivity contribution in [1.82, 2.24) is 19.7 Å². The average Bonchev–Trinajstić information content (AvgIpc) is 2.97. The number of fused-ring (bicyclic) bond motifs is 1. The van der Waals surface area contributed by atoms with Crippen LogP contribution < -0.4 is 0 Å². The topological polar surface area (TPSA) is 52.8 Å². The Morgan fingerprint density at radius 3 is 2.71 bits per heavy atom. The van der Waals surface area contributed by atoms with Gasteiger partial charge in [0.25, 0.3) is 0 Å². The molecule has 0 bridgehead atoms. The van der Waals surface area contributed by atoms with Crippen LogP contribution in [-0.2, 0) is 4.43 Å². The lowest BCUT2D eigenvalue weighted by Crippen LogP contribution is -2.41. The summed E-state index contributed by atoms with van der Waals surface area (Å²) in [6.45, 7) is 11.2. The van der Waals surface area contributed by atoms with Gasteiger partial charge >= 0.3 is 0 Å². The first-order valence-corrected chi connectivity index (χ1v) is 12.1. The van der Waals surface area contributed by atoms with Crippen molar-refractivity contribution < 1.29 is 4.43 Å². The molecule has 24 heavy (non-hydrogen) atoms. The van der Waals surface area contributed by atoms with Gasteiger partial charge in [0.05, 0.1) is 10.7 Å². The van der Waals surface area contributed by atoms with Crippen LogP contribution in [0.1, 0.15) is 50.9 Å². The standard InChI is InChI=1S/C16H22BrClN4OSi/c1-16(2,3)24(4,5)23-12-9-11(13-10(18)7-6-8-19-13)22-14(12)20-15(17)21-22/h6-8,11-12H,9H2,1-5H3. The summed E-state index contributed by atoms with van der Waals surface area (Å²) >= 11 is 9.75. The minimum atomic E-state index is -1.92. The summed E-state index contributed by atoms with van der Waals surface area (Å²) in [6.07, 6.45) is 2.42. The minimum Gasteiger partial charge on any atom is -0.407 e. The van der Waals surface area contributed by atoms with E-state index in [1.165, 1.54) is 0 Å². The zero-order valence-electron chi connectivity index (χ0n) is 14.5. The van der Waals surface area contributed by atoms with Gasteiger partial charge in [0.2, 0.25) is 4.73 Å². The Labute approximate surface area is 157 Å². The summed E-state index contributed by atoms with van der Waals surface area (Å²) in [4.78, 5) is 9.01. The number of hydrogen-bond acceptors (Lipinski definition) is 4. The van der Waals surface area contributed by atoms with Gasteiger partial charge in [0.1, 0.15) is 12.1 Å². The second kappa shape index (κ2) is 6.19. The molecular weight excluding hydrogens is 408 g/mol. The fraction of sp³-hybridized carbons (Fsp3) is 0.562. The van der Waals surface area contributed by atoms with Gasteiger partial charge in [-0.15, -0.1) is 5.10 Å². The van der Waals surface area contributed by atoms with Gasteiger partial charge in [-0.3, -0.25) is 4.98 Å². The molecule has 0 N–H and O–H groups in total. The van der Waals surface area contributed by atoms with Crippen molar-refractivity contribution in [3.05, 3.63) is 39.6 Å². The lowest BCUT2D eigenvalue weighted by Gasteiger charge is -2.38. The van der Waals surface area contributed by atoms with E-state index >= 15 is 0 Å². The van der Waals surface area contributed by atoms with Gasteiger partial charge in [-0.2, -0.15) is 0 Å². The molecule has 0 amide bonds. The number of halogens is 2. The average molecular weight is 430 g/mol. The summed E-state index contributed by atoms with van der Waals surface area (Å²) in [5.74, 6) is 0.846. The molecule has 2 aromatic rings. The maximum Gasteiger partial charge on any atom is 0.217 e. The third-order valence-electron chi connectivity index (χ3n) is 5.00. The maximum atomic E-state index is 6.62. The third-order valence-corrected chi connectivity index (χ3v) is 10.1. The number of aromatic nitrogens is 4. The molecule has 0 spiro atoms. The molecule has 0 fully saturated rings. The molecule has 2 aromatic heterocycles. The van der Waals surface area contributed by atoms with Crippen LogP contribution in [0, 0.1) is 0 Å². The Morgan fingerprint density at radius 2 is 2.08 bits per heavy atom. The fourth-order valence-electron chi connectivity index (χ4n) is 2.67. The quantitative estimate of drug-likeness (QED) is 0.633. The lowest BCUT2D eigenvalue weighted by molar-refractivity contribution is 0.177. The van der Waals surface area contributed by atoms with Crippen LogP contribution in [0.25, 0.3) is 0 Å². The van der Waals surface area contributed by atoms with Gasteiger partial charge in [-0.05, 0) is 46.2 Å². The number of rotatable bonds is 3. The highest BCUT2D eigenvalue weighted by Crippen LogP contribution is 2.46. The largest absolute Gasteiger partial charge is 0.407 e. The molecule has 1 aliphatic rings. The Hall–Kier alpha value is -0.763. The first-order valence-electron chi connectivity index (χ1n) is 8.00. The Morgan fingerprint density at radius 1 is 1.38 bits per heavy atom. The molecular formula is C16H22BrClN4OSi. The smallest absolute Gasteiger partial charge is 0.217 e. The van der Waals surface area contributed by atoms with Crippen LogP contribution in [0.15, 0.2) is 23.1 Å². The lowest BCUT2D eigenvalue weighted by atomic mass is 10.1. The summed E-state index contributed by atoms with van der Waals surface area (Å²) in [6, 6.07) is 3.64. The molecule has 3 heterocycles. The second-order valence-corrected chi connectivity index (χ2v) is 13.5. The van der Waals surface area contributed by atoms with E-state index in [1.807, 2.05) is 16.8 Å². The SMILES string of the molecule is CC(C)(C)[Si](C)(C)OC1CC(c2ncccc2Cl)n2nc(Br)nc21. The molecule has 5 nitrogen and oxygen atoms in total. The van der Waals surface area contributed by atoms with Crippen molar-refractivity contribution in [2.75, 3.05) is 0 Å². The first-order chi connectivity index (χ1) is 11.1. The Bertz CT molecular complexity index is 759. The summed E-state index contributed by atoms with van der Waals surface area (Å²) in [5, 5.41) is 5.27. The molecule has 2 unspecified atom stereocenters. The van der Waals surface area contributed by atoms with Crippen LogP contribution in [-0.4, -0.2) is 28.1 Å². The Balaban J connectivity index is 1.96. The predicted molar refractivity (Wildman–Crippen MR) is 101 cm³/mol. The van der Waals surface area contributed by atoms with Gasteiger partial charge in [0.15, 0.2) is 14.1 Å². The van der Waals surface area contributed by atoms with Gasteiger partial charge < -0.3 is 4.43 Å². The van der Waals surface area contributed by atoms with Crippen molar-refractivity contribution in [3.8, 4) is 0 Å². The van der Waals surface area contributed by atoms with Crippen LogP contribution in [0.3, 0.4) is 0 Å². The molecule has 8 heteroatoms. The van der Waals surface area contributed by atoms with Crippen LogP contribution in [0.5, 0.6) is 0 Å². The normalized spacial score (nSPS) is 21.1. The summed E-state index contributed by atoms with van der Waals surface area (Å²) in [5.41, 5.74) is 0.819. The van der Waals surface area contributed by atoms with E-state index in [4.69, 9.17) is 16.0 Å². The molecule has 0 aromatic carbocycles. The zero-order chi connectivity index (χ0) is 17.7. The first kappa shape index (κ1) is 18.0. The highest BCUT2D eigenvalue weighted by Gasteiger charge is 2.44. The van der Waals surface area contributed by atoms with Crippen molar-refractivity contribution in [3.63, 3.8) is 0 Å². The highest BCUT2D eigenvalue weighted by molar-refractivity contribution is 9.10. The van der Waals surface area contributed by atoms with E-state index in [1.54, 1.807) is 6.20 Å². The second-order valence-electron chi connectivity index (χ2n) is 7.67. The van der Waals surface area contributed by atoms with Crippen molar-refractivity contribution in [2.45, 2.75) is 57.5 Å². The summed E-state index contributed by atoms with van der Waals surface area (Å²) < 4.78 is 9.09. The van der Waals surface area contributed by atoms with Gasteiger partial charge in [0, 0.05) is 12.6 Å². The van der Waals surface area contributed by atoms with E-state index in [9.17, 15) is 0 Å². The zero-order valence-corrected chi connectivity index (χ0v) is 17.9. The maximum absolute atomic E-state index is 6.62. The molecule has 1 aliphatic heterocycles. The molecule has 0 aliphatic carbocycles. The van der Waals surface area contributed by atoms with E-state index in [0.29, 0.717) is 9.76 Å². The van der Waals surface area contributed by atoms with Crippen LogP contribution >= 0.6 is 27.5 Å². The van der Waals surface area contributed by atoms with E-state index in [0.717, 1.165) is 17.9 Å². The van der Waals surface area contributed by atoms with Gasteiger partial charge in [-0.25, -0.2) is 9.67 Å². The van der Waals surface area contributed by atoms with E-state index in [2.05, 4.69) is 64.9 Å². The number of nitrogens with zero attached hydrogens (tertiary/aromatic N) is 4. The van der Waals surface area contributed by atoms with Crippen molar-refractivity contribution in [2.24, 2.45) is 0 Å². The number of hydrogen-bond donors (Lipinski definition) is 0. The number of pyridine rings is 1. The minimum absolute atomic E-state index is 0.0535.